The van der Waals surface area contributed by atoms with Crippen molar-refractivity contribution in [3.63, 3.8) is 0 Å². The van der Waals surface area contributed by atoms with E-state index >= 15 is 0 Å². The van der Waals surface area contributed by atoms with E-state index in [1.54, 1.807) is 0 Å². The van der Waals surface area contributed by atoms with E-state index < -0.39 is 0 Å². The van der Waals surface area contributed by atoms with Crippen LogP contribution in [-0.2, 0) is 11.3 Å². The molecule has 1 N–H and O–H groups in total. The van der Waals surface area contributed by atoms with Crippen LogP contribution in [0.1, 0.15) is 24.8 Å². The van der Waals surface area contributed by atoms with Gasteiger partial charge < -0.3 is 19.5 Å². The molecule has 21 heavy (non-hydrogen) atoms. The summed E-state index contributed by atoms with van der Waals surface area (Å²) in [7, 11) is 0. The lowest BCUT2D eigenvalue weighted by molar-refractivity contribution is 0.0662. The number of ether oxygens (including phenoxy) is 3. The van der Waals surface area contributed by atoms with Gasteiger partial charge in [0.2, 0.25) is 0 Å². The Balaban J connectivity index is 1.57. The molecule has 0 unspecified atom stereocenters. The minimum atomic E-state index is 0.636. The molecule has 1 fully saturated rings. The van der Waals surface area contributed by atoms with E-state index in [0.29, 0.717) is 24.0 Å². The average Bonchev–Trinajstić information content (AvgIpc) is 2.74. The Morgan fingerprint density at radius 3 is 2.76 bits per heavy atom. The van der Waals surface area contributed by atoms with Gasteiger partial charge in [-0.05, 0) is 43.0 Å². The third kappa shape index (κ3) is 4.02. The fraction of sp³-hybridized carbons (Fsp3) is 0.625. The molecule has 1 aromatic rings. The lowest BCUT2D eigenvalue weighted by atomic mass is 10.0. The van der Waals surface area contributed by atoms with Crippen LogP contribution < -0.4 is 14.8 Å². The fourth-order valence-electron chi connectivity index (χ4n) is 2.76. The van der Waals surface area contributed by atoms with E-state index in [0.717, 1.165) is 62.8 Å². The zero-order valence-corrected chi connectivity index (χ0v) is 13.0. The predicted octanol–water partition coefficient (Wildman–Crippen LogP) is 3.02. The summed E-state index contributed by atoms with van der Waals surface area (Å²) in [5.41, 5.74) is 1.14. The Bertz CT molecular complexity index is 475. The zero-order valence-electron chi connectivity index (χ0n) is 12.2. The molecular formula is C16H22ClNO3. The highest BCUT2D eigenvalue weighted by molar-refractivity contribution is 6.32. The molecule has 3 rings (SSSR count). The van der Waals surface area contributed by atoms with Crippen LogP contribution in [0.2, 0.25) is 5.02 Å². The van der Waals surface area contributed by atoms with Crippen molar-refractivity contribution in [3.05, 3.63) is 22.7 Å². The van der Waals surface area contributed by atoms with Crippen LogP contribution in [-0.4, -0.2) is 33.0 Å². The van der Waals surface area contributed by atoms with Crippen LogP contribution in [0, 0.1) is 5.92 Å². The second-order valence-corrected chi connectivity index (χ2v) is 6.05. The number of nitrogens with one attached hydrogen (secondary N) is 1. The molecule has 2 aliphatic rings. The summed E-state index contributed by atoms with van der Waals surface area (Å²) < 4.78 is 16.7. The summed E-state index contributed by atoms with van der Waals surface area (Å²) in [5, 5.41) is 4.15. The molecule has 2 aliphatic heterocycles. The third-order valence-electron chi connectivity index (χ3n) is 3.96. The van der Waals surface area contributed by atoms with E-state index in [4.69, 9.17) is 25.8 Å². The van der Waals surface area contributed by atoms with Crippen LogP contribution in [0.5, 0.6) is 11.5 Å². The number of rotatable bonds is 4. The molecule has 0 amide bonds. The minimum Gasteiger partial charge on any atom is -0.489 e. The summed E-state index contributed by atoms with van der Waals surface area (Å²) in [4.78, 5) is 0. The molecule has 0 bridgehead atoms. The lowest BCUT2D eigenvalue weighted by Crippen LogP contribution is -2.27. The quantitative estimate of drug-likeness (QED) is 0.928. The predicted molar refractivity (Wildman–Crippen MR) is 82.3 cm³/mol. The molecule has 0 atom stereocenters. The van der Waals surface area contributed by atoms with Gasteiger partial charge in [0, 0.05) is 26.2 Å². The van der Waals surface area contributed by atoms with Gasteiger partial charge in [-0.3, -0.25) is 0 Å². The number of hydrogen-bond donors (Lipinski definition) is 1. The van der Waals surface area contributed by atoms with E-state index in [1.165, 1.54) is 0 Å². The van der Waals surface area contributed by atoms with Crippen LogP contribution in [0.4, 0.5) is 0 Å². The molecule has 0 aromatic heterocycles. The first kappa shape index (κ1) is 14.9. The molecule has 0 aliphatic carbocycles. The Morgan fingerprint density at radius 2 is 1.90 bits per heavy atom. The van der Waals surface area contributed by atoms with Gasteiger partial charge in [0.25, 0.3) is 0 Å². The first-order valence-corrected chi connectivity index (χ1v) is 8.07. The van der Waals surface area contributed by atoms with Crippen LogP contribution in [0.25, 0.3) is 0 Å². The van der Waals surface area contributed by atoms with Gasteiger partial charge in [-0.15, -0.1) is 0 Å². The second-order valence-electron chi connectivity index (χ2n) is 5.64. The maximum absolute atomic E-state index is 6.30. The van der Waals surface area contributed by atoms with Crippen LogP contribution in [0.3, 0.4) is 0 Å². The van der Waals surface area contributed by atoms with Gasteiger partial charge in [0.05, 0.1) is 18.2 Å². The largest absolute Gasteiger partial charge is 0.489 e. The summed E-state index contributed by atoms with van der Waals surface area (Å²) in [6, 6.07) is 4.00. The molecule has 0 saturated carbocycles. The topological polar surface area (TPSA) is 39.7 Å². The van der Waals surface area contributed by atoms with E-state index in [9.17, 15) is 0 Å². The Morgan fingerprint density at radius 1 is 1.10 bits per heavy atom. The standard InChI is InChI=1S/C16H22ClNO3/c17-14-8-13(9-15-16(14)21-5-1-4-20-15)11-18-10-12-2-6-19-7-3-12/h8-9,12,18H,1-7,10-11H2. The molecule has 4 nitrogen and oxygen atoms in total. The number of halogens is 1. The molecule has 5 heteroatoms. The molecule has 116 valence electrons. The molecule has 1 saturated heterocycles. The highest BCUT2D eigenvalue weighted by atomic mass is 35.5. The smallest absolute Gasteiger partial charge is 0.179 e. The number of benzene rings is 1. The highest BCUT2D eigenvalue weighted by Gasteiger charge is 2.16. The summed E-state index contributed by atoms with van der Waals surface area (Å²) in [5.74, 6) is 2.17. The van der Waals surface area contributed by atoms with Crippen molar-refractivity contribution in [1.29, 1.82) is 0 Å². The second kappa shape index (κ2) is 7.34. The highest BCUT2D eigenvalue weighted by Crippen LogP contribution is 2.37. The maximum atomic E-state index is 6.30. The van der Waals surface area contributed by atoms with Crippen molar-refractivity contribution >= 4 is 11.6 Å². The molecule has 1 aromatic carbocycles. The average molecular weight is 312 g/mol. The summed E-state index contributed by atoms with van der Waals surface area (Å²) >= 11 is 6.30. The minimum absolute atomic E-state index is 0.636. The van der Waals surface area contributed by atoms with Crippen molar-refractivity contribution in [3.8, 4) is 11.5 Å². The summed E-state index contributed by atoms with van der Waals surface area (Å²) in [6.45, 7) is 4.95. The normalized spacial score (nSPS) is 19.3. The van der Waals surface area contributed by atoms with Crippen LogP contribution >= 0.6 is 11.6 Å². The molecule has 2 heterocycles. The summed E-state index contributed by atoms with van der Waals surface area (Å²) in [6.07, 6.45) is 3.19. The third-order valence-corrected chi connectivity index (χ3v) is 4.25. The van der Waals surface area contributed by atoms with E-state index in [2.05, 4.69) is 5.32 Å². The monoisotopic (exact) mass is 311 g/mol. The molecule has 0 spiro atoms. The van der Waals surface area contributed by atoms with E-state index in [-0.39, 0.29) is 0 Å². The van der Waals surface area contributed by atoms with Crippen molar-refractivity contribution in [2.24, 2.45) is 5.92 Å². The van der Waals surface area contributed by atoms with Gasteiger partial charge in [-0.2, -0.15) is 0 Å². The Labute approximate surface area is 130 Å². The maximum Gasteiger partial charge on any atom is 0.179 e. The zero-order chi connectivity index (χ0) is 14.5. The first-order valence-electron chi connectivity index (χ1n) is 7.69. The van der Waals surface area contributed by atoms with Gasteiger partial charge in [0.1, 0.15) is 0 Å². The van der Waals surface area contributed by atoms with Crippen LogP contribution in [0.15, 0.2) is 12.1 Å². The van der Waals surface area contributed by atoms with Gasteiger partial charge in [-0.1, -0.05) is 11.6 Å². The Kier molecular flexibility index (Phi) is 5.22. The first-order chi connectivity index (χ1) is 10.3. The van der Waals surface area contributed by atoms with E-state index in [1.807, 2.05) is 12.1 Å². The van der Waals surface area contributed by atoms with Gasteiger partial charge in [-0.25, -0.2) is 0 Å². The number of hydrogen-bond acceptors (Lipinski definition) is 4. The Hall–Kier alpha value is -0.970. The fourth-order valence-corrected chi connectivity index (χ4v) is 3.05. The van der Waals surface area contributed by atoms with Crippen molar-refractivity contribution in [2.45, 2.75) is 25.8 Å². The molecular weight excluding hydrogens is 290 g/mol. The lowest BCUT2D eigenvalue weighted by Gasteiger charge is -2.22. The number of fused-ring (bicyclic) bond motifs is 1. The van der Waals surface area contributed by atoms with Gasteiger partial charge in [0.15, 0.2) is 11.5 Å². The van der Waals surface area contributed by atoms with Gasteiger partial charge >= 0.3 is 0 Å². The van der Waals surface area contributed by atoms with Crippen molar-refractivity contribution < 1.29 is 14.2 Å². The van der Waals surface area contributed by atoms with Crippen molar-refractivity contribution in [1.82, 2.24) is 5.32 Å². The van der Waals surface area contributed by atoms with Crippen molar-refractivity contribution in [2.75, 3.05) is 33.0 Å². The molecule has 0 radical (unpaired) electrons. The SMILES string of the molecule is Clc1cc(CNCC2CCOCC2)cc2c1OCCCO2.